The van der Waals surface area contributed by atoms with Crippen LogP contribution in [-0.4, -0.2) is 31.2 Å². The average molecular weight is 248 g/mol. The second kappa shape index (κ2) is 5.50. The van der Waals surface area contributed by atoms with E-state index in [9.17, 15) is 4.79 Å². The highest BCUT2D eigenvalue weighted by molar-refractivity contribution is 5.94. The lowest BCUT2D eigenvalue weighted by Gasteiger charge is -2.36. The van der Waals surface area contributed by atoms with Crippen LogP contribution < -0.4 is 11.1 Å². The Kier molecular flexibility index (Phi) is 3.99. The number of carbonyl (C=O) groups is 1. The van der Waals surface area contributed by atoms with Crippen LogP contribution in [-0.2, 0) is 4.74 Å². The Balaban J connectivity index is 2.07. The van der Waals surface area contributed by atoms with Gasteiger partial charge in [-0.15, -0.1) is 0 Å². The summed E-state index contributed by atoms with van der Waals surface area (Å²) in [6, 6.07) is 7.56. The Morgan fingerprint density at radius 3 is 2.50 bits per heavy atom. The van der Waals surface area contributed by atoms with E-state index in [-0.39, 0.29) is 11.4 Å². The summed E-state index contributed by atoms with van der Waals surface area (Å²) in [6.07, 6.45) is 1.56. The van der Waals surface area contributed by atoms with Crippen molar-refractivity contribution in [3.05, 3.63) is 35.4 Å². The van der Waals surface area contributed by atoms with Crippen molar-refractivity contribution in [2.24, 2.45) is 5.73 Å². The van der Waals surface area contributed by atoms with Gasteiger partial charge < -0.3 is 15.8 Å². The highest BCUT2D eigenvalue weighted by Crippen LogP contribution is 2.20. The third kappa shape index (κ3) is 2.89. The Labute approximate surface area is 108 Å². The van der Waals surface area contributed by atoms with Crippen molar-refractivity contribution < 1.29 is 9.53 Å². The number of benzene rings is 1. The smallest absolute Gasteiger partial charge is 0.251 e. The summed E-state index contributed by atoms with van der Waals surface area (Å²) >= 11 is 0. The van der Waals surface area contributed by atoms with Gasteiger partial charge in [0, 0.05) is 25.3 Å². The summed E-state index contributed by atoms with van der Waals surface area (Å²) in [5.74, 6) is -0.0534. The quantitative estimate of drug-likeness (QED) is 0.845. The van der Waals surface area contributed by atoms with Crippen LogP contribution in [0.3, 0.4) is 0 Å². The molecule has 1 fully saturated rings. The van der Waals surface area contributed by atoms with E-state index in [1.54, 1.807) is 0 Å². The van der Waals surface area contributed by atoms with Crippen LogP contribution in [0.15, 0.2) is 24.3 Å². The number of nitrogens with one attached hydrogen (secondary N) is 1. The molecule has 1 aromatic rings. The topological polar surface area (TPSA) is 64.4 Å². The minimum absolute atomic E-state index is 0.0534. The van der Waals surface area contributed by atoms with Crippen LogP contribution >= 0.6 is 0 Å². The molecule has 0 bridgehead atoms. The van der Waals surface area contributed by atoms with Gasteiger partial charge in [0.05, 0.1) is 5.54 Å². The number of hydrogen-bond acceptors (Lipinski definition) is 3. The normalized spacial score (nSPS) is 18.3. The second-order valence-corrected chi connectivity index (χ2v) is 4.92. The highest BCUT2D eigenvalue weighted by atomic mass is 16.5. The highest BCUT2D eigenvalue weighted by Gasteiger charge is 2.32. The molecule has 0 saturated carbocycles. The number of hydrogen-bond donors (Lipinski definition) is 2. The van der Waals surface area contributed by atoms with Gasteiger partial charge in [0.15, 0.2) is 0 Å². The van der Waals surface area contributed by atoms with E-state index in [0.717, 1.165) is 18.4 Å². The van der Waals surface area contributed by atoms with Gasteiger partial charge in [-0.3, -0.25) is 4.79 Å². The Morgan fingerprint density at radius 1 is 1.33 bits per heavy atom. The van der Waals surface area contributed by atoms with Crippen LogP contribution in [0.5, 0.6) is 0 Å². The molecule has 0 atom stereocenters. The molecule has 1 saturated heterocycles. The summed E-state index contributed by atoms with van der Waals surface area (Å²) in [5.41, 5.74) is 7.34. The maximum absolute atomic E-state index is 12.2. The summed E-state index contributed by atoms with van der Waals surface area (Å²) in [6.45, 7) is 3.77. The Hall–Kier alpha value is -1.39. The van der Waals surface area contributed by atoms with Crippen molar-refractivity contribution in [2.45, 2.75) is 25.3 Å². The van der Waals surface area contributed by atoms with E-state index < -0.39 is 0 Å². The minimum Gasteiger partial charge on any atom is -0.381 e. The van der Waals surface area contributed by atoms with Crippen LogP contribution in [0.2, 0.25) is 0 Å². The molecule has 0 aromatic heterocycles. The van der Waals surface area contributed by atoms with Gasteiger partial charge in [-0.1, -0.05) is 17.7 Å². The lowest BCUT2D eigenvalue weighted by molar-refractivity contribution is 0.0388. The van der Waals surface area contributed by atoms with Crippen molar-refractivity contribution in [1.82, 2.24) is 5.32 Å². The van der Waals surface area contributed by atoms with Gasteiger partial charge in [-0.25, -0.2) is 0 Å². The summed E-state index contributed by atoms with van der Waals surface area (Å²) < 4.78 is 5.32. The number of aryl methyl sites for hydroxylation is 1. The fourth-order valence-electron chi connectivity index (χ4n) is 2.16. The zero-order valence-electron chi connectivity index (χ0n) is 10.7. The largest absolute Gasteiger partial charge is 0.381 e. The third-order valence-electron chi connectivity index (χ3n) is 3.53. The zero-order valence-corrected chi connectivity index (χ0v) is 10.7. The van der Waals surface area contributed by atoms with Crippen molar-refractivity contribution >= 4 is 5.91 Å². The Bertz CT molecular complexity index is 408. The standard InChI is InChI=1S/C14H20N2O2/c1-11-2-4-12(5-3-11)13(17)16-14(10-15)6-8-18-9-7-14/h2-5H,6-10,15H2,1H3,(H,16,17). The maximum atomic E-state index is 12.2. The molecule has 18 heavy (non-hydrogen) atoms. The molecule has 1 aromatic carbocycles. The zero-order chi connectivity index (χ0) is 13.0. The van der Waals surface area contributed by atoms with Gasteiger partial charge in [0.25, 0.3) is 5.91 Å². The first-order valence-corrected chi connectivity index (χ1v) is 6.32. The fourth-order valence-corrected chi connectivity index (χ4v) is 2.16. The Morgan fingerprint density at radius 2 is 1.94 bits per heavy atom. The molecule has 1 heterocycles. The molecule has 1 aliphatic rings. The lowest BCUT2D eigenvalue weighted by Crippen LogP contribution is -2.56. The molecule has 1 aliphatic heterocycles. The number of carbonyl (C=O) groups excluding carboxylic acids is 1. The molecule has 2 rings (SSSR count). The number of nitrogens with two attached hydrogens (primary N) is 1. The molecular formula is C14H20N2O2. The van der Waals surface area contributed by atoms with Crippen molar-refractivity contribution in [1.29, 1.82) is 0 Å². The van der Waals surface area contributed by atoms with E-state index in [2.05, 4.69) is 5.32 Å². The molecule has 0 radical (unpaired) electrons. The van der Waals surface area contributed by atoms with Crippen molar-refractivity contribution in [3.63, 3.8) is 0 Å². The summed E-state index contributed by atoms with van der Waals surface area (Å²) in [7, 11) is 0. The molecule has 0 spiro atoms. The SMILES string of the molecule is Cc1ccc(C(=O)NC2(CN)CCOCC2)cc1. The van der Waals surface area contributed by atoms with Crippen LogP contribution in [0, 0.1) is 6.92 Å². The molecule has 0 aliphatic carbocycles. The van der Waals surface area contributed by atoms with E-state index in [4.69, 9.17) is 10.5 Å². The van der Waals surface area contributed by atoms with Gasteiger partial charge in [-0.2, -0.15) is 0 Å². The van der Waals surface area contributed by atoms with E-state index >= 15 is 0 Å². The first kappa shape index (κ1) is 13.1. The van der Waals surface area contributed by atoms with Gasteiger partial charge in [-0.05, 0) is 31.9 Å². The maximum Gasteiger partial charge on any atom is 0.251 e. The second-order valence-electron chi connectivity index (χ2n) is 4.92. The van der Waals surface area contributed by atoms with Gasteiger partial charge in [0.2, 0.25) is 0 Å². The van der Waals surface area contributed by atoms with Gasteiger partial charge in [0.1, 0.15) is 0 Å². The third-order valence-corrected chi connectivity index (χ3v) is 3.53. The molecular weight excluding hydrogens is 228 g/mol. The predicted molar refractivity (Wildman–Crippen MR) is 70.5 cm³/mol. The molecule has 0 unspecified atom stereocenters. The van der Waals surface area contributed by atoms with E-state index in [1.807, 2.05) is 31.2 Å². The first-order valence-electron chi connectivity index (χ1n) is 6.32. The van der Waals surface area contributed by atoms with E-state index in [0.29, 0.717) is 25.3 Å². The van der Waals surface area contributed by atoms with Crippen molar-refractivity contribution in [2.75, 3.05) is 19.8 Å². The molecule has 3 N–H and O–H groups in total. The average Bonchev–Trinajstić information content (AvgIpc) is 2.40. The minimum atomic E-state index is -0.305. The molecule has 4 nitrogen and oxygen atoms in total. The number of amides is 1. The summed E-state index contributed by atoms with van der Waals surface area (Å²) in [4.78, 5) is 12.2. The number of ether oxygens (including phenoxy) is 1. The first-order chi connectivity index (χ1) is 8.65. The van der Waals surface area contributed by atoms with Crippen LogP contribution in [0.1, 0.15) is 28.8 Å². The number of rotatable bonds is 3. The van der Waals surface area contributed by atoms with E-state index in [1.165, 1.54) is 0 Å². The van der Waals surface area contributed by atoms with Crippen LogP contribution in [0.25, 0.3) is 0 Å². The van der Waals surface area contributed by atoms with Crippen LogP contribution in [0.4, 0.5) is 0 Å². The lowest BCUT2D eigenvalue weighted by atomic mass is 9.89. The predicted octanol–water partition coefficient (Wildman–Crippen LogP) is 1.23. The molecule has 1 amide bonds. The fraction of sp³-hybridized carbons (Fsp3) is 0.500. The monoisotopic (exact) mass is 248 g/mol. The molecule has 98 valence electrons. The van der Waals surface area contributed by atoms with Crippen molar-refractivity contribution in [3.8, 4) is 0 Å². The van der Waals surface area contributed by atoms with Gasteiger partial charge >= 0.3 is 0 Å². The summed E-state index contributed by atoms with van der Waals surface area (Å²) in [5, 5.41) is 3.07. The molecule has 4 heteroatoms.